The first-order chi connectivity index (χ1) is 9.29. The Balaban J connectivity index is 1.90. The van der Waals surface area contributed by atoms with Crippen molar-refractivity contribution in [2.75, 3.05) is 0 Å². The molecule has 1 fully saturated rings. The molecule has 0 amide bonds. The van der Waals surface area contributed by atoms with E-state index in [1.165, 1.54) is 12.8 Å². The van der Waals surface area contributed by atoms with Crippen LogP contribution in [0.3, 0.4) is 0 Å². The molecule has 1 aromatic heterocycles. The molecule has 0 spiro atoms. The number of rotatable bonds is 3. The van der Waals surface area contributed by atoms with Gasteiger partial charge in [0.2, 0.25) is 0 Å². The molecule has 0 aliphatic heterocycles. The number of para-hydroxylation sites is 2. The third-order valence-corrected chi connectivity index (χ3v) is 4.43. The zero-order chi connectivity index (χ0) is 13.2. The highest BCUT2D eigenvalue weighted by Gasteiger charge is 2.30. The number of hydrogen-bond donors (Lipinski definition) is 1. The van der Waals surface area contributed by atoms with Crippen LogP contribution in [0.2, 0.25) is 0 Å². The van der Waals surface area contributed by atoms with Crippen molar-refractivity contribution < 1.29 is 5.11 Å². The van der Waals surface area contributed by atoms with Gasteiger partial charge < -0.3 is 9.67 Å². The van der Waals surface area contributed by atoms with Gasteiger partial charge >= 0.3 is 0 Å². The Hall–Kier alpha value is -1.35. The van der Waals surface area contributed by atoms with Gasteiger partial charge in [-0.25, -0.2) is 4.98 Å². The van der Waals surface area contributed by atoms with E-state index in [1.54, 1.807) is 0 Å². The van der Waals surface area contributed by atoms with Gasteiger partial charge in [0.25, 0.3) is 0 Å². The van der Waals surface area contributed by atoms with Crippen LogP contribution in [-0.2, 0) is 0 Å². The molecule has 1 aliphatic rings. The zero-order valence-electron chi connectivity index (χ0n) is 11.5. The fourth-order valence-electron chi connectivity index (χ4n) is 3.43. The van der Waals surface area contributed by atoms with Crippen LogP contribution < -0.4 is 0 Å². The molecule has 1 N–H and O–H groups in total. The predicted molar refractivity (Wildman–Crippen MR) is 77.0 cm³/mol. The molecule has 1 heterocycles. The van der Waals surface area contributed by atoms with Crippen molar-refractivity contribution in [1.82, 2.24) is 9.55 Å². The van der Waals surface area contributed by atoms with Crippen molar-refractivity contribution in [2.24, 2.45) is 5.92 Å². The Morgan fingerprint density at radius 1 is 1.32 bits per heavy atom. The maximum absolute atomic E-state index is 10.3. The Bertz CT molecular complexity index is 548. The minimum Gasteiger partial charge on any atom is -0.391 e. The molecule has 0 saturated heterocycles. The predicted octanol–water partition coefficient (Wildman–Crippen LogP) is 3.54. The second-order valence-corrected chi connectivity index (χ2v) is 5.74. The fourth-order valence-corrected chi connectivity index (χ4v) is 3.43. The molecule has 2 aromatic rings. The first-order valence-corrected chi connectivity index (χ1v) is 7.39. The van der Waals surface area contributed by atoms with Crippen molar-refractivity contribution >= 4 is 11.0 Å². The second kappa shape index (κ2) is 5.33. The van der Waals surface area contributed by atoms with E-state index >= 15 is 0 Å². The Morgan fingerprint density at radius 3 is 3.00 bits per heavy atom. The molecule has 1 aromatic carbocycles. The third-order valence-electron chi connectivity index (χ3n) is 4.43. The van der Waals surface area contributed by atoms with Crippen LogP contribution in [-0.4, -0.2) is 20.8 Å². The lowest BCUT2D eigenvalue weighted by atomic mass is 9.81. The van der Waals surface area contributed by atoms with Gasteiger partial charge in [0.1, 0.15) is 0 Å². The summed E-state index contributed by atoms with van der Waals surface area (Å²) in [5, 5.41) is 10.3. The SMILES string of the molecule is CCCC1CCC(O)C(n2cnc3ccccc32)C1. The van der Waals surface area contributed by atoms with Gasteiger partial charge in [-0.3, -0.25) is 0 Å². The van der Waals surface area contributed by atoms with E-state index in [0.717, 1.165) is 36.2 Å². The molecule has 1 saturated carbocycles. The molecule has 19 heavy (non-hydrogen) atoms. The number of benzene rings is 1. The summed E-state index contributed by atoms with van der Waals surface area (Å²) in [6.45, 7) is 2.24. The van der Waals surface area contributed by atoms with Crippen LogP contribution in [0.25, 0.3) is 11.0 Å². The van der Waals surface area contributed by atoms with E-state index in [2.05, 4.69) is 22.5 Å². The summed E-state index contributed by atoms with van der Waals surface area (Å²) in [7, 11) is 0. The van der Waals surface area contributed by atoms with Gasteiger partial charge in [-0.2, -0.15) is 0 Å². The quantitative estimate of drug-likeness (QED) is 0.914. The van der Waals surface area contributed by atoms with Crippen molar-refractivity contribution in [2.45, 2.75) is 51.2 Å². The van der Waals surface area contributed by atoms with Crippen LogP contribution in [0.5, 0.6) is 0 Å². The second-order valence-electron chi connectivity index (χ2n) is 5.74. The summed E-state index contributed by atoms with van der Waals surface area (Å²) < 4.78 is 2.18. The molecule has 3 heteroatoms. The van der Waals surface area contributed by atoms with Gasteiger partial charge in [0, 0.05) is 0 Å². The standard InChI is InChI=1S/C16H22N2O/c1-2-5-12-8-9-16(19)15(10-12)18-11-17-13-6-3-4-7-14(13)18/h3-4,6-7,11-12,15-16,19H,2,5,8-10H2,1H3. The number of aliphatic hydroxyl groups is 1. The van der Waals surface area contributed by atoms with Crippen molar-refractivity contribution in [3.8, 4) is 0 Å². The molecule has 1 aliphatic carbocycles. The number of hydrogen-bond acceptors (Lipinski definition) is 2. The Kier molecular flexibility index (Phi) is 3.56. The lowest BCUT2D eigenvalue weighted by Gasteiger charge is -2.34. The van der Waals surface area contributed by atoms with Crippen LogP contribution >= 0.6 is 0 Å². The number of fused-ring (bicyclic) bond motifs is 1. The highest BCUT2D eigenvalue weighted by molar-refractivity contribution is 5.75. The van der Waals surface area contributed by atoms with Gasteiger partial charge in [-0.05, 0) is 37.3 Å². The lowest BCUT2D eigenvalue weighted by Crippen LogP contribution is -2.31. The van der Waals surface area contributed by atoms with Gasteiger partial charge in [-0.15, -0.1) is 0 Å². The van der Waals surface area contributed by atoms with Crippen LogP contribution in [0.4, 0.5) is 0 Å². The molecule has 3 rings (SSSR count). The van der Waals surface area contributed by atoms with E-state index in [1.807, 2.05) is 24.5 Å². The maximum atomic E-state index is 10.3. The van der Waals surface area contributed by atoms with E-state index < -0.39 is 0 Å². The average Bonchev–Trinajstić information content (AvgIpc) is 2.85. The third kappa shape index (κ3) is 2.39. The van der Waals surface area contributed by atoms with Crippen LogP contribution in [0.1, 0.15) is 45.1 Å². The highest BCUT2D eigenvalue weighted by Crippen LogP contribution is 2.36. The molecular formula is C16H22N2O. The largest absolute Gasteiger partial charge is 0.391 e. The Labute approximate surface area is 114 Å². The average molecular weight is 258 g/mol. The van der Waals surface area contributed by atoms with Crippen molar-refractivity contribution in [1.29, 1.82) is 0 Å². The molecule has 0 bridgehead atoms. The first kappa shape index (κ1) is 12.7. The molecule has 0 radical (unpaired) electrons. The van der Waals surface area contributed by atoms with E-state index in [9.17, 15) is 5.11 Å². The minimum atomic E-state index is -0.231. The summed E-state index contributed by atoms with van der Waals surface area (Å²) in [6, 6.07) is 8.37. The zero-order valence-corrected chi connectivity index (χ0v) is 11.5. The normalized spacial score (nSPS) is 27.8. The van der Waals surface area contributed by atoms with Crippen LogP contribution in [0.15, 0.2) is 30.6 Å². The highest BCUT2D eigenvalue weighted by atomic mass is 16.3. The maximum Gasteiger partial charge on any atom is 0.0961 e. The molecule has 102 valence electrons. The summed E-state index contributed by atoms with van der Waals surface area (Å²) >= 11 is 0. The molecule has 3 nitrogen and oxygen atoms in total. The van der Waals surface area contributed by atoms with Crippen LogP contribution in [0, 0.1) is 5.92 Å². The number of imidazole rings is 1. The Morgan fingerprint density at radius 2 is 2.16 bits per heavy atom. The van der Waals surface area contributed by atoms with Gasteiger partial charge in [0.15, 0.2) is 0 Å². The minimum absolute atomic E-state index is 0.192. The van der Waals surface area contributed by atoms with E-state index in [4.69, 9.17) is 0 Å². The monoisotopic (exact) mass is 258 g/mol. The molecule has 3 atom stereocenters. The molecular weight excluding hydrogens is 236 g/mol. The lowest BCUT2D eigenvalue weighted by molar-refractivity contribution is 0.0539. The summed E-state index contributed by atoms with van der Waals surface area (Å²) in [6.07, 6.45) is 7.33. The van der Waals surface area contributed by atoms with Crippen molar-refractivity contribution in [3.05, 3.63) is 30.6 Å². The van der Waals surface area contributed by atoms with Gasteiger partial charge in [0.05, 0.1) is 29.5 Å². The van der Waals surface area contributed by atoms with E-state index in [-0.39, 0.29) is 12.1 Å². The number of nitrogens with zero attached hydrogens (tertiary/aromatic N) is 2. The summed E-state index contributed by atoms with van der Waals surface area (Å²) in [5.74, 6) is 0.750. The van der Waals surface area contributed by atoms with Crippen molar-refractivity contribution in [3.63, 3.8) is 0 Å². The summed E-state index contributed by atoms with van der Waals surface area (Å²) in [4.78, 5) is 4.45. The summed E-state index contributed by atoms with van der Waals surface area (Å²) in [5.41, 5.74) is 2.16. The molecule has 3 unspecified atom stereocenters. The van der Waals surface area contributed by atoms with E-state index in [0.29, 0.717) is 0 Å². The first-order valence-electron chi connectivity index (χ1n) is 7.39. The number of aromatic nitrogens is 2. The van der Waals surface area contributed by atoms with Gasteiger partial charge in [-0.1, -0.05) is 31.9 Å². The fraction of sp³-hybridized carbons (Fsp3) is 0.562. The topological polar surface area (TPSA) is 38.0 Å². The smallest absolute Gasteiger partial charge is 0.0961 e. The number of aliphatic hydroxyl groups excluding tert-OH is 1.